The van der Waals surface area contributed by atoms with Crippen molar-refractivity contribution in [3.8, 4) is 23.0 Å². The molecule has 2 aromatic carbocycles. The number of aromatic hydroxyl groups is 3. The van der Waals surface area contributed by atoms with E-state index in [-0.39, 0.29) is 51.1 Å². The average Bonchev–Trinajstić information content (AvgIpc) is 3.43. The summed E-state index contributed by atoms with van der Waals surface area (Å²) in [7, 11) is 1.43. The van der Waals surface area contributed by atoms with Gasteiger partial charge < -0.3 is 54.6 Å². The minimum absolute atomic E-state index is 0.0378. The van der Waals surface area contributed by atoms with Crippen LogP contribution in [0.1, 0.15) is 89.7 Å². The van der Waals surface area contributed by atoms with Crippen molar-refractivity contribution < 1.29 is 63.7 Å². The number of ether oxygens (including phenoxy) is 4. The van der Waals surface area contributed by atoms with Gasteiger partial charge in [-0.1, -0.05) is 64.4 Å². The molecule has 9 unspecified atom stereocenters. The van der Waals surface area contributed by atoms with Crippen molar-refractivity contribution in [2.75, 3.05) is 19.0 Å². The number of anilines is 1. The highest BCUT2D eigenvalue weighted by Gasteiger charge is 2.50. The fourth-order valence-electron chi connectivity index (χ4n) is 7.22. The number of hydrogen-bond acceptors (Lipinski definition) is 14. The second-order valence-corrected chi connectivity index (χ2v) is 15.0. The highest BCUT2D eigenvalue weighted by Crippen LogP contribution is 2.55. The molecule has 5 bridgehead atoms. The number of aliphatic hydroxyl groups is 2. The zero-order valence-corrected chi connectivity index (χ0v) is 34.2. The second kappa shape index (κ2) is 18.4. The molecule has 0 saturated heterocycles. The number of nitrogens with one attached hydrogen (secondary N) is 1. The minimum atomic E-state index is -2.05. The van der Waals surface area contributed by atoms with Gasteiger partial charge in [-0.05, 0) is 26.3 Å². The fourth-order valence-corrected chi connectivity index (χ4v) is 7.22. The largest absolute Gasteiger partial charge is 0.507 e. The van der Waals surface area contributed by atoms with Gasteiger partial charge in [0.05, 0.1) is 53.0 Å². The van der Waals surface area contributed by atoms with Gasteiger partial charge in [-0.15, -0.1) is 0 Å². The summed E-state index contributed by atoms with van der Waals surface area (Å²) in [6.45, 7) is 14.6. The van der Waals surface area contributed by atoms with Gasteiger partial charge in [-0.25, -0.2) is 0 Å². The first kappa shape index (κ1) is 44.6. The third-order valence-corrected chi connectivity index (χ3v) is 10.9. The Balaban J connectivity index is 1.96. The number of carbonyl (C=O) groups excluding carboxylic acids is 3. The lowest BCUT2D eigenvalue weighted by Gasteiger charge is -2.38. The summed E-state index contributed by atoms with van der Waals surface area (Å²) in [5, 5.41) is 63.8. The van der Waals surface area contributed by atoms with Gasteiger partial charge in [0, 0.05) is 61.2 Å². The van der Waals surface area contributed by atoms with Crippen molar-refractivity contribution in [2.24, 2.45) is 28.8 Å². The number of allylic oxidation sites excluding steroid dienone is 2. The van der Waals surface area contributed by atoms with Crippen molar-refractivity contribution in [2.45, 2.75) is 105 Å². The van der Waals surface area contributed by atoms with E-state index in [2.05, 4.69) is 10.5 Å². The topological polar surface area (TPSA) is 223 Å². The predicted molar refractivity (Wildman–Crippen MR) is 212 cm³/mol. The number of amides is 1. The molecule has 15 nitrogen and oxygen atoms in total. The number of phenols is 3. The Morgan fingerprint density at radius 3 is 2.30 bits per heavy atom. The van der Waals surface area contributed by atoms with Crippen LogP contribution >= 0.6 is 0 Å². The molecule has 0 saturated carbocycles. The zero-order chi connectivity index (χ0) is 42.5. The summed E-state index contributed by atoms with van der Waals surface area (Å²) >= 11 is 0. The molecule has 0 spiro atoms. The average molecular weight is 797 g/mol. The van der Waals surface area contributed by atoms with Crippen LogP contribution in [0.4, 0.5) is 5.69 Å². The van der Waals surface area contributed by atoms with E-state index in [1.54, 1.807) is 39.8 Å². The lowest BCUT2D eigenvalue weighted by molar-refractivity contribution is -0.160. The van der Waals surface area contributed by atoms with Gasteiger partial charge in [0.1, 0.15) is 30.0 Å². The maximum Gasteiger partial charge on any atom is 0.312 e. The Kier molecular flexibility index (Phi) is 14.4. The van der Waals surface area contributed by atoms with Crippen molar-refractivity contribution in [3.63, 3.8) is 0 Å². The first-order valence-corrected chi connectivity index (χ1v) is 19.1. The molecule has 57 heavy (non-hydrogen) atoms. The number of nitrogens with zero attached hydrogens (tertiary/aromatic N) is 1. The van der Waals surface area contributed by atoms with E-state index in [1.807, 2.05) is 6.92 Å². The highest BCUT2D eigenvalue weighted by atomic mass is 16.7. The molecule has 2 aromatic rings. The van der Waals surface area contributed by atoms with Crippen molar-refractivity contribution in [3.05, 3.63) is 52.8 Å². The SMILES string of the molecule is CCCCO/N=C/c1c2c(O)c3c(O)c(C)c4c(c3c1O)C(=O)C(C)(O/C=C\C(OC)C(C)C(OC(C)=O)C(C)C(O)C(C)C(O)C(C)/C=C\C=C(\C)C(=O)N2)O4. The Morgan fingerprint density at radius 2 is 1.67 bits per heavy atom. The minimum Gasteiger partial charge on any atom is -0.507 e. The summed E-state index contributed by atoms with van der Waals surface area (Å²) in [6.07, 6.45) is 6.05. The monoisotopic (exact) mass is 796 g/mol. The maximum absolute atomic E-state index is 14.3. The van der Waals surface area contributed by atoms with Crippen LogP contribution in [-0.2, 0) is 28.6 Å². The molecule has 0 aromatic heterocycles. The van der Waals surface area contributed by atoms with Gasteiger partial charge in [0.2, 0.25) is 0 Å². The molecule has 0 radical (unpaired) electrons. The molecular weight excluding hydrogens is 740 g/mol. The number of ketones is 1. The summed E-state index contributed by atoms with van der Waals surface area (Å²) in [6, 6.07) is 0. The predicted octanol–water partition coefficient (Wildman–Crippen LogP) is 5.90. The van der Waals surface area contributed by atoms with Crippen LogP contribution in [0, 0.1) is 30.6 Å². The number of Topliss-reactive ketones (excluding diaryl/α,β-unsaturated/α-hetero) is 1. The number of oxime groups is 1. The standard InChI is InChI=1S/C42H56N2O13/c1-11-12-17-55-43-19-27-32-37(50)30-29(36(27)49)31-39(25(7)35(30)48)57-42(9,40(31)51)54-18-16-28(53-10)22(4)38(56-26(8)45)24(6)34(47)23(5)33(46)20(2)14-13-15-21(3)41(52)44-32/h13-16,18-20,22-24,28,33-34,38,46-50H,11-12,17H2,1-10H3,(H,44,52)/b14-13-,18-16-,21-15-,43-19+. The number of aliphatic hydroxyl groups excluding tert-OH is 2. The van der Waals surface area contributed by atoms with E-state index in [4.69, 9.17) is 23.8 Å². The van der Waals surface area contributed by atoms with Crippen LogP contribution in [-0.4, -0.2) is 93.3 Å². The first-order valence-electron chi connectivity index (χ1n) is 19.1. The Labute approximate surface area is 332 Å². The van der Waals surface area contributed by atoms with Crippen LogP contribution < -0.4 is 10.1 Å². The van der Waals surface area contributed by atoms with Gasteiger partial charge >= 0.3 is 11.8 Å². The van der Waals surface area contributed by atoms with Gasteiger partial charge in [-0.3, -0.25) is 14.4 Å². The van der Waals surface area contributed by atoms with Crippen molar-refractivity contribution in [1.29, 1.82) is 0 Å². The van der Waals surface area contributed by atoms with Crippen LogP contribution in [0.25, 0.3) is 10.8 Å². The Morgan fingerprint density at radius 1 is 0.982 bits per heavy atom. The maximum atomic E-state index is 14.3. The Hall–Kier alpha value is -5.12. The molecule has 9 atom stereocenters. The van der Waals surface area contributed by atoms with Crippen molar-refractivity contribution >= 4 is 40.3 Å². The first-order chi connectivity index (χ1) is 26.8. The van der Waals surface area contributed by atoms with Gasteiger partial charge in [-0.2, -0.15) is 0 Å². The molecule has 0 aliphatic carbocycles. The second-order valence-electron chi connectivity index (χ2n) is 15.0. The molecule has 3 aliphatic rings. The van der Waals surface area contributed by atoms with E-state index in [0.29, 0.717) is 6.42 Å². The van der Waals surface area contributed by atoms with E-state index < -0.39 is 88.8 Å². The van der Waals surface area contributed by atoms with E-state index in [0.717, 1.165) is 12.6 Å². The number of methoxy groups -OCH3 is 1. The van der Waals surface area contributed by atoms with Gasteiger partial charge in [0.25, 0.3) is 11.7 Å². The highest BCUT2D eigenvalue weighted by molar-refractivity contribution is 6.23. The molecule has 1 amide bonds. The summed E-state index contributed by atoms with van der Waals surface area (Å²) < 4.78 is 23.5. The van der Waals surface area contributed by atoms with E-state index >= 15 is 0 Å². The third-order valence-electron chi connectivity index (χ3n) is 10.9. The van der Waals surface area contributed by atoms with Crippen LogP contribution in [0.3, 0.4) is 0 Å². The number of benzene rings is 2. The molecule has 312 valence electrons. The Bertz CT molecular complexity index is 1970. The molecule has 15 heteroatoms. The molecule has 3 heterocycles. The fraction of sp³-hybridized carbons (Fsp3) is 0.524. The van der Waals surface area contributed by atoms with E-state index in [1.165, 1.54) is 53.2 Å². The number of rotatable bonds is 7. The molecule has 0 fully saturated rings. The van der Waals surface area contributed by atoms with Crippen LogP contribution in [0.15, 0.2) is 41.3 Å². The zero-order valence-electron chi connectivity index (χ0n) is 34.2. The van der Waals surface area contributed by atoms with E-state index in [9.17, 15) is 39.9 Å². The quantitative estimate of drug-likeness (QED) is 0.0480. The van der Waals surface area contributed by atoms with Crippen LogP contribution in [0.2, 0.25) is 0 Å². The number of hydrogen-bond donors (Lipinski definition) is 6. The number of esters is 1. The molecular formula is C42H56N2O13. The van der Waals surface area contributed by atoms with Crippen molar-refractivity contribution in [1.82, 2.24) is 0 Å². The van der Waals surface area contributed by atoms with Gasteiger partial charge in [0.15, 0.2) is 5.75 Å². The third kappa shape index (κ3) is 9.05. The number of carbonyl (C=O) groups is 3. The summed E-state index contributed by atoms with van der Waals surface area (Å²) in [5.74, 6) is -8.58. The smallest absolute Gasteiger partial charge is 0.312 e. The lowest BCUT2D eigenvalue weighted by Crippen LogP contribution is -2.46. The van der Waals surface area contributed by atoms with Crippen LogP contribution in [0.5, 0.6) is 23.0 Å². The summed E-state index contributed by atoms with van der Waals surface area (Å²) in [4.78, 5) is 45.5. The number of phenolic OH excluding ortho intramolecular Hbond substituents is 3. The normalized spacial score (nSPS) is 30.7. The molecule has 3 aliphatic heterocycles. The summed E-state index contributed by atoms with van der Waals surface area (Å²) in [5.41, 5.74) is -0.577. The number of fused-ring (bicyclic) bond motifs is 14. The lowest BCUT2D eigenvalue weighted by atomic mass is 9.78. The number of unbranched alkanes of at least 4 members (excludes halogenated alkanes) is 1. The molecule has 6 N–H and O–H groups in total. The molecule has 5 rings (SSSR count).